The Morgan fingerprint density at radius 1 is 1.25 bits per heavy atom. The smallest absolute Gasteiger partial charge is 0.220 e. The highest BCUT2D eigenvalue weighted by Gasteiger charge is 2.44. The molecule has 168 valence electrons. The summed E-state index contributed by atoms with van der Waals surface area (Å²) in [6.45, 7) is 1.46. The van der Waals surface area contributed by atoms with E-state index >= 15 is 0 Å². The van der Waals surface area contributed by atoms with Gasteiger partial charge in [-0.2, -0.15) is 0 Å². The maximum Gasteiger partial charge on any atom is 0.220 e. The lowest BCUT2D eigenvalue weighted by molar-refractivity contribution is -0.0511. The van der Waals surface area contributed by atoms with Crippen LogP contribution in [0.15, 0.2) is 35.7 Å². The molecule has 3 aromatic rings. The second kappa shape index (κ2) is 8.94. The SMILES string of the molecule is CC(Cc1ccc(O)cc1)Nc1nc(N=[N+]=[N-])nc2c1ncn2[C@@H]1O[C@H](CO)[C@@H](O)[C@H]1O. The van der Waals surface area contributed by atoms with Crippen molar-refractivity contribution in [3.63, 3.8) is 0 Å². The molecule has 1 fully saturated rings. The summed E-state index contributed by atoms with van der Waals surface area (Å²) in [5.74, 6) is 0.336. The van der Waals surface area contributed by atoms with Gasteiger partial charge in [0, 0.05) is 11.0 Å². The number of anilines is 1. The minimum atomic E-state index is -1.33. The topological polar surface area (TPSA) is 195 Å². The number of phenols is 1. The number of rotatable bonds is 7. The number of aromatic nitrogens is 4. The van der Waals surface area contributed by atoms with Crippen LogP contribution >= 0.6 is 0 Å². The van der Waals surface area contributed by atoms with E-state index in [2.05, 4.69) is 30.3 Å². The number of azide groups is 1. The first-order valence-electron chi connectivity index (χ1n) is 9.87. The molecule has 1 saturated heterocycles. The van der Waals surface area contributed by atoms with Crippen LogP contribution in [0.5, 0.6) is 5.75 Å². The monoisotopic (exact) mass is 442 g/mol. The first kappa shape index (κ1) is 21.7. The maximum atomic E-state index is 10.4. The third-order valence-electron chi connectivity index (χ3n) is 5.20. The molecule has 0 spiro atoms. The van der Waals surface area contributed by atoms with Crippen LogP contribution in [0, 0.1) is 0 Å². The third-order valence-corrected chi connectivity index (χ3v) is 5.20. The minimum absolute atomic E-state index is 0.115. The predicted octanol–water partition coefficient (Wildman–Crippen LogP) is 1.13. The molecular weight excluding hydrogens is 420 g/mol. The molecule has 0 saturated carbocycles. The highest BCUT2D eigenvalue weighted by atomic mass is 16.6. The van der Waals surface area contributed by atoms with Crippen LogP contribution in [-0.2, 0) is 11.2 Å². The molecule has 32 heavy (non-hydrogen) atoms. The highest BCUT2D eigenvalue weighted by Crippen LogP contribution is 2.33. The lowest BCUT2D eigenvalue weighted by atomic mass is 10.1. The van der Waals surface area contributed by atoms with E-state index in [9.17, 15) is 20.4 Å². The summed E-state index contributed by atoms with van der Waals surface area (Å²) in [4.78, 5) is 15.5. The zero-order valence-electron chi connectivity index (χ0n) is 17.0. The Hall–Kier alpha value is -3.48. The van der Waals surface area contributed by atoms with Crippen LogP contribution in [0.4, 0.5) is 11.8 Å². The summed E-state index contributed by atoms with van der Waals surface area (Å²) in [5, 5.41) is 45.9. The van der Waals surface area contributed by atoms with E-state index in [0.29, 0.717) is 17.8 Å². The number of aromatic hydroxyl groups is 1. The molecule has 3 heterocycles. The van der Waals surface area contributed by atoms with Gasteiger partial charge in [-0.25, -0.2) is 15.0 Å². The summed E-state index contributed by atoms with van der Waals surface area (Å²) in [6.07, 6.45) is -2.65. The van der Waals surface area contributed by atoms with Crippen molar-refractivity contribution in [1.29, 1.82) is 0 Å². The van der Waals surface area contributed by atoms with Crippen LogP contribution in [0.25, 0.3) is 21.6 Å². The molecule has 0 radical (unpaired) electrons. The van der Waals surface area contributed by atoms with Gasteiger partial charge in [-0.05, 0) is 41.7 Å². The van der Waals surface area contributed by atoms with Gasteiger partial charge in [0.1, 0.15) is 24.1 Å². The zero-order chi connectivity index (χ0) is 22.8. The summed E-state index contributed by atoms with van der Waals surface area (Å²) in [7, 11) is 0. The number of aliphatic hydroxyl groups is 3. The maximum absolute atomic E-state index is 10.4. The lowest BCUT2D eigenvalue weighted by Gasteiger charge is -2.18. The van der Waals surface area contributed by atoms with Gasteiger partial charge in [-0.3, -0.25) is 4.57 Å². The normalized spacial score (nSPS) is 23.8. The number of nitrogens with one attached hydrogen (secondary N) is 1. The van der Waals surface area contributed by atoms with Gasteiger partial charge in [0.2, 0.25) is 5.95 Å². The number of imidazole rings is 1. The number of fused-ring (bicyclic) bond motifs is 1. The molecule has 13 heteroatoms. The fraction of sp³-hybridized carbons (Fsp3) is 0.421. The van der Waals surface area contributed by atoms with E-state index < -0.39 is 31.1 Å². The lowest BCUT2D eigenvalue weighted by Crippen LogP contribution is -2.33. The molecule has 13 nitrogen and oxygen atoms in total. The van der Waals surface area contributed by atoms with Crippen molar-refractivity contribution in [3.05, 3.63) is 46.6 Å². The van der Waals surface area contributed by atoms with Crippen molar-refractivity contribution in [2.45, 2.75) is 43.9 Å². The van der Waals surface area contributed by atoms with E-state index in [-0.39, 0.29) is 23.4 Å². The number of nitrogens with zero attached hydrogens (tertiary/aromatic N) is 7. The molecule has 2 aromatic heterocycles. The van der Waals surface area contributed by atoms with Crippen molar-refractivity contribution in [3.8, 4) is 5.75 Å². The summed E-state index contributed by atoms with van der Waals surface area (Å²) in [6, 6.07) is 6.71. The van der Waals surface area contributed by atoms with E-state index in [4.69, 9.17) is 10.3 Å². The first-order valence-corrected chi connectivity index (χ1v) is 9.87. The van der Waals surface area contributed by atoms with Crippen LogP contribution in [0.3, 0.4) is 0 Å². The number of phenolic OH excluding ortho intramolecular Hbond substituents is 1. The molecule has 0 bridgehead atoms. The van der Waals surface area contributed by atoms with Gasteiger partial charge in [0.15, 0.2) is 23.2 Å². The fourth-order valence-electron chi connectivity index (χ4n) is 3.66. The molecule has 0 amide bonds. The van der Waals surface area contributed by atoms with Crippen LogP contribution in [0.1, 0.15) is 18.7 Å². The standard InChI is InChI=1S/C19H22N8O5/c1-9(6-10-2-4-11(29)5-3-10)22-16-13-17(24-19(23-16)25-26-20)27(8-21-13)18-15(31)14(30)12(7-28)32-18/h2-5,8-9,12,14-15,18,28-31H,6-7H2,1H3,(H,22,23,24)/t9?,12-,14-,15-,18-/m1/s1. The van der Waals surface area contributed by atoms with Crippen molar-refractivity contribution >= 4 is 22.9 Å². The van der Waals surface area contributed by atoms with Gasteiger partial charge in [0.05, 0.1) is 12.9 Å². The Kier molecular flexibility index (Phi) is 6.08. The minimum Gasteiger partial charge on any atom is -0.508 e. The fourth-order valence-corrected chi connectivity index (χ4v) is 3.66. The molecule has 1 unspecified atom stereocenters. The molecule has 1 aliphatic heterocycles. The van der Waals surface area contributed by atoms with E-state index in [0.717, 1.165) is 5.56 Å². The summed E-state index contributed by atoms with van der Waals surface area (Å²) >= 11 is 0. The van der Waals surface area contributed by atoms with Gasteiger partial charge in [-0.1, -0.05) is 12.1 Å². The second-order valence-corrected chi connectivity index (χ2v) is 7.53. The Morgan fingerprint density at radius 2 is 2.00 bits per heavy atom. The molecule has 5 atom stereocenters. The molecule has 1 aliphatic rings. The average Bonchev–Trinajstić information content (AvgIpc) is 3.31. The molecule has 1 aromatic carbocycles. The number of benzene rings is 1. The van der Waals surface area contributed by atoms with Crippen molar-refractivity contribution in [2.24, 2.45) is 5.11 Å². The van der Waals surface area contributed by atoms with Crippen LogP contribution in [-0.4, -0.2) is 70.9 Å². The Morgan fingerprint density at radius 3 is 2.66 bits per heavy atom. The zero-order valence-corrected chi connectivity index (χ0v) is 17.0. The predicted molar refractivity (Wildman–Crippen MR) is 112 cm³/mol. The Balaban J connectivity index is 1.67. The van der Waals surface area contributed by atoms with Crippen LogP contribution < -0.4 is 5.32 Å². The van der Waals surface area contributed by atoms with E-state index in [1.54, 1.807) is 12.1 Å². The van der Waals surface area contributed by atoms with Crippen LogP contribution in [0.2, 0.25) is 0 Å². The van der Waals surface area contributed by atoms with Gasteiger partial charge in [-0.15, -0.1) is 0 Å². The number of aliphatic hydroxyl groups excluding tert-OH is 3. The van der Waals surface area contributed by atoms with Crippen molar-refractivity contribution in [2.75, 3.05) is 11.9 Å². The van der Waals surface area contributed by atoms with Crippen molar-refractivity contribution < 1.29 is 25.2 Å². The summed E-state index contributed by atoms with van der Waals surface area (Å²) in [5.41, 5.74) is 10.4. The quantitative estimate of drug-likeness (QED) is 0.202. The largest absolute Gasteiger partial charge is 0.508 e. The first-order chi connectivity index (χ1) is 15.4. The molecule has 5 N–H and O–H groups in total. The summed E-state index contributed by atoms with van der Waals surface area (Å²) < 4.78 is 6.96. The van der Waals surface area contributed by atoms with E-state index in [1.807, 2.05) is 19.1 Å². The van der Waals surface area contributed by atoms with Gasteiger partial charge < -0.3 is 30.5 Å². The van der Waals surface area contributed by atoms with E-state index in [1.165, 1.54) is 10.9 Å². The molecule has 4 rings (SSSR count). The Labute approximate surface area is 181 Å². The number of hydrogen-bond acceptors (Lipinski definition) is 10. The number of hydrogen-bond donors (Lipinski definition) is 5. The molecular formula is C19H22N8O5. The molecule has 0 aliphatic carbocycles. The average molecular weight is 442 g/mol. The third kappa shape index (κ3) is 4.15. The Bertz CT molecular complexity index is 1150. The van der Waals surface area contributed by atoms with Gasteiger partial charge >= 0.3 is 0 Å². The van der Waals surface area contributed by atoms with Crippen molar-refractivity contribution in [1.82, 2.24) is 19.5 Å². The van der Waals surface area contributed by atoms with Gasteiger partial charge in [0.25, 0.3) is 0 Å². The second-order valence-electron chi connectivity index (χ2n) is 7.53. The highest BCUT2D eigenvalue weighted by molar-refractivity contribution is 5.84. The number of ether oxygens (including phenoxy) is 1.